The van der Waals surface area contributed by atoms with E-state index >= 15 is 0 Å². The van der Waals surface area contributed by atoms with Gasteiger partial charge in [-0.3, -0.25) is 4.79 Å². The van der Waals surface area contributed by atoms with E-state index in [1.807, 2.05) is 31.4 Å². The largest absolute Gasteiger partial charge is 0.467 e. The first-order chi connectivity index (χ1) is 8.04. The molecule has 0 saturated carbocycles. The molecule has 0 aliphatic carbocycles. The van der Waals surface area contributed by atoms with Gasteiger partial charge in [-0.15, -0.1) is 11.3 Å². The summed E-state index contributed by atoms with van der Waals surface area (Å²) in [5.74, 6) is -0.550. The zero-order chi connectivity index (χ0) is 12.8. The van der Waals surface area contributed by atoms with Crippen LogP contribution in [-0.2, 0) is 20.7 Å². The lowest BCUT2D eigenvalue weighted by atomic mass is 10.0. The number of amides is 1. The van der Waals surface area contributed by atoms with Gasteiger partial charge in [-0.1, -0.05) is 19.9 Å². The van der Waals surface area contributed by atoms with Crippen molar-refractivity contribution in [3.8, 4) is 0 Å². The van der Waals surface area contributed by atoms with Crippen LogP contribution < -0.4 is 5.32 Å². The Kier molecular flexibility index (Phi) is 5.15. The van der Waals surface area contributed by atoms with E-state index < -0.39 is 12.0 Å². The topological polar surface area (TPSA) is 55.4 Å². The number of nitrogens with one attached hydrogen (secondary N) is 1. The van der Waals surface area contributed by atoms with Crippen molar-refractivity contribution in [2.45, 2.75) is 26.3 Å². The highest BCUT2D eigenvalue weighted by Gasteiger charge is 2.24. The molecule has 1 rings (SSSR count). The van der Waals surface area contributed by atoms with Gasteiger partial charge in [0, 0.05) is 4.88 Å². The molecule has 5 heteroatoms. The van der Waals surface area contributed by atoms with Crippen molar-refractivity contribution in [1.29, 1.82) is 0 Å². The molecule has 1 N–H and O–H groups in total. The Balaban J connectivity index is 2.55. The Morgan fingerprint density at radius 1 is 1.47 bits per heavy atom. The minimum Gasteiger partial charge on any atom is -0.467 e. The van der Waals surface area contributed by atoms with Crippen molar-refractivity contribution in [3.05, 3.63) is 22.4 Å². The minimum absolute atomic E-state index is 0.00901. The van der Waals surface area contributed by atoms with E-state index in [2.05, 4.69) is 10.1 Å². The highest BCUT2D eigenvalue weighted by molar-refractivity contribution is 7.10. The normalized spacial score (nSPS) is 12.2. The summed E-state index contributed by atoms with van der Waals surface area (Å²) >= 11 is 1.52. The summed E-state index contributed by atoms with van der Waals surface area (Å²) in [5.41, 5.74) is 0. The maximum Gasteiger partial charge on any atom is 0.328 e. The van der Waals surface area contributed by atoms with Crippen LogP contribution in [0.4, 0.5) is 0 Å². The molecular formula is C12H17NO3S. The summed E-state index contributed by atoms with van der Waals surface area (Å²) in [6.45, 7) is 3.74. The molecule has 4 nitrogen and oxygen atoms in total. The summed E-state index contributed by atoms with van der Waals surface area (Å²) in [7, 11) is 1.32. The van der Waals surface area contributed by atoms with E-state index in [0.717, 1.165) is 4.88 Å². The van der Waals surface area contributed by atoms with Gasteiger partial charge in [0.15, 0.2) is 0 Å². The molecule has 0 aromatic carbocycles. The molecule has 0 aliphatic heterocycles. The first kappa shape index (κ1) is 13.7. The number of carbonyl (C=O) groups is 2. The lowest BCUT2D eigenvalue weighted by Gasteiger charge is -2.19. The highest BCUT2D eigenvalue weighted by atomic mass is 32.1. The molecule has 94 valence electrons. The van der Waals surface area contributed by atoms with Gasteiger partial charge in [-0.25, -0.2) is 4.79 Å². The van der Waals surface area contributed by atoms with Gasteiger partial charge >= 0.3 is 5.97 Å². The average Bonchev–Trinajstić information content (AvgIpc) is 2.77. The lowest BCUT2D eigenvalue weighted by Crippen LogP contribution is -2.45. The molecule has 1 atom stereocenters. The molecular weight excluding hydrogens is 238 g/mol. The van der Waals surface area contributed by atoms with Gasteiger partial charge < -0.3 is 10.1 Å². The lowest BCUT2D eigenvalue weighted by molar-refractivity contribution is -0.146. The number of hydrogen-bond donors (Lipinski definition) is 1. The Morgan fingerprint density at radius 3 is 2.65 bits per heavy atom. The first-order valence-electron chi connectivity index (χ1n) is 5.44. The summed E-state index contributed by atoms with van der Waals surface area (Å²) in [4.78, 5) is 24.2. The molecule has 1 aromatic rings. The van der Waals surface area contributed by atoms with Crippen molar-refractivity contribution in [2.24, 2.45) is 5.92 Å². The van der Waals surface area contributed by atoms with Crippen LogP contribution >= 0.6 is 11.3 Å². The first-order valence-corrected chi connectivity index (χ1v) is 6.32. The maximum absolute atomic E-state index is 11.7. The monoisotopic (exact) mass is 255 g/mol. The van der Waals surface area contributed by atoms with E-state index in [9.17, 15) is 9.59 Å². The molecule has 0 fully saturated rings. The molecule has 1 aromatic heterocycles. The minimum atomic E-state index is -0.576. The number of rotatable bonds is 5. The summed E-state index contributed by atoms with van der Waals surface area (Å²) in [5, 5.41) is 4.62. The molecule has 0 radical (unpaired) electrons. The molecule has 17 heavy (non-hydrogen) atoms. The van der Waals surface area contributed by atoms with Crippen LogP contribution in [0, 0.1) is 5.92 Å². The Hall–Kier alpha value is -1.36. The van der Waals surface area contributed by atoms with Gasteiger partial charge in [0.25, 0.3) is 0 Å². The molecule has 0 bridgehead atoms. The van der Waals surface area contributed by atoms with Crippen LogP contribution in [0.25, 0.3) is 0 Å². The van der Waals surface area contributed by atoms with Crippen LogP contribution in [0.2, 0.25) is 0 Å². The van der Waals surface area contributed by atoms with Gasteiger partial charge in [-0.2, -0.15) is 0 Å². The number of ether oxygens (including phenoxy) is 1. The van der Waals surface area contributed by atoms with E-state index in [-0.39, 0.29) is 11.8 Å². The number of hydrogen-bond acceptors (Lipinski definition) is 4. The number of carbonyl (C=O) groups excluding carboxylic acids is 2. The number of thiophene rings is 1. The average molecular weight is 255 g/mol. The van der Waals surface area contributed by atoms with E-state index in [4.69, 9.17) is 0 Å². The fraction of sp³-hybridized carbons (Fsp3) is 0.500. The van der Waals surface area contributed by atoms with Crippen molar-refractivity contribution >= 4 is 23.2 Å². The predicted molar refractivity (Wildman–Crippen MR) is 66.8 cm³/mol. The fourth-order valence-corrected chi connectivity index (χ4v) is 2.12. The Morgan fingerprint density at radius 2 is 2.18 bits per heavy atom. The molecule has 0 spiro atoms. The van der Waals surface area contributed by atoms with Crippen molar-refractivity contribution in [1.82, 2.24) is 5.32 Å². The van der Waals surface area contributed by atoms with Crippen molar-refractivity contribution in [2.75, 3.05) is 7.11 Å². The molecule has 1 heterocycles. The second kappa shape index (κ2) is 6.39. The molecule has 0 aliphatic rings. The van der Waals surface area contributed by atoms with Crippen molar-refractivity contribution in [3.63, 3.8) is 0 Å². The highest BCUT2D eigenvalue weighted by Crippen LogP contribution is 2.10. The van der Waals surface area contributed by atoms with Crippen LogP contribution in [-0.4, -0.2) is 25.0 Å². The van der Waals surface area contributed by atoms with Crippen molar-refractivity contribution < 1.29 is 14.3 Å². The number of esters is 1. The zero-order valence-electron chi connectivity index (χ0n) is 10.2. The van der Waals surface area contributed by atoms with Gasteiger partial charge in [0.05, 0.1) is 13.5 Å². The smallest absolute Gasteiger partial charge is 0.328 e. The Labute approximate surface area is 105 Å². The third kappa shape index (κ3) is 4.19. The summed E-state index contributed by atoms with van der Waals surface area (Å²) in [6.07, 6.45) is 0.303. The Bertz CT molecular complexity index is 373. The van der Waals surface area contributed by atoms with Crippen LogP contribution in [0.5, 0.6) is 0 Å². The zero-order valence-corrected chi connectivity index (χ0v) is 11.0. The van der Waals surface area contributed by atoms with Gasteiger partial charge in [0.1, 0.15) is 6.04 Å². The quantitative estimate of drug-likeness (QED) is 0.813. The fourth-order valence-electron chi connectivity index (χ4n) is 1.42. The SMILES string of the molecule is COC(=O)[C@@H](NC(=O)Cc1cccs1)C(C)C. The third-order valence-electron chi connectivity index (χ3n) is 2.35. The predicted octanol–water partition coefficient (Wildman–Crippen LogP) is 1.60. The third-order valence-corrected chi connectivity index (χ3v) is 3.23. The molecule has 1 amide bonds. The van der Waals surface area contributed by atoms with E-state index in [1.165, 1.54) is 18.4 Å². The maximum atomic E-state index is 11.7. The molecule has 0 unspecified atom stereocenters. The van der Waals surface area contributed by atoms with Crippen LogP contribution in [0.15, 0.2) is 17.5 Å². The standard InChI is InChI=1S/C12H17NO3S/c1-8(2)11(12(15)16-3)13-10(14)7-9-5-4-6-17-9/h4-6,8,11H,7H2,1-3H3,(H,13,14)/t11-/m0/s1. The van der Waals surface area contributed by atoms with Gasteiger partial charge in [-0.05, 0) is 17.4 Å². The number of methoxy groups -OCH3 is 1. The van der Waals surface area contributed by atoms with E-state index in [1.54, 1.807) is 0 Å². The molecule has 0 saturated heterocycles. The second-order valence-electron chi connectivity index (χ2n) is 4.07. The van der Waals surface area contributed by atoms with Crippen LogP contribution in [0.3, 0.4) is 0 Å². The van der Waals surface area contributed by atoms with Gasteiger partial charge in [0.2, 0.25) is 5.91 Å². The van der Waals surface area contributed by atoms with E-state index in [0.29, 0.717) is 6.42 Å². The second-order valence-corrected chi connectivity index (χ2v) is 5.10. The summed E-state index contributed by atoms with van der Waals surface area (Å²) < 4.78 is 4.66. The summed E-state index contributed by atoms with van der Waals surface area (Å²) in [6, 6.07) is 3.22. The van der Waals surface area contributed by atoms with Crippen LogP contribution in [0.1, 0.15) is 18.7 Å².